The lowest BCUT2D eigenvalue weighted by molar-refractivity contribution is -0.133. The third-order valence-corrected chi connectivity index (χ3v) is 3.88. The minimum absolute atomic E-state index is 0. The molecule has 0 saturated carbocycles. The van der Waals surface area contributed by atoms with Crippen LogP contribution in [0.3, 0.4) is 0 Å². The van der Waals surface area contributed by atoms with E-state index in [9.17, 15) is 4.79 Å². The maximum Gasteiger partial charge on any atom is 0.222 e. The predicted octanol–water partition coefficient (Wildman–Crippen LogP) is 2.30. The number of nitrogens with one attached hydrogen (secondary N) is 1. The Kier molecular flexibility index (Phi) is 7.80. The third kappa shape index (κ3) is 5.26. The van der Waals surface area contributed by atoms with Gasteiger partial charge in [0.05, 0.1) is 0 Å². The van der Waals surface area contributed by atoms with Crippen molar-refractivity contribution in [3.8, 4) is 0 Å². The van der Waals surface area contributed by atoms with Crippen LogP contribution in [0.1, 0.15) is 40.0 Å². The minimum Gasteiger partial charge on any atom is -0.343 e. The summed E-state index contributed by atoms with van der Waals surface area (Å²) in [7, 11) is 1.96. The Balaban J connectivity index is 0.00000256. The average Bonchev–Trinajstić information content (AvgIpc) is 2.28. The Morgan fingerprint density at radius 2 is 1.82 bits per heavy atom. The molecule has 0 bridgehead atoms. The third-order valence-electron chi connectivity index (χ3n) is 3.88. The summed E-state index contributed by atoms with van der Waals surface area (Å²) >= 11 is 0. The molecule has 1 aliphatic heterocycles. The molecule has 0 aromatic heterocycles. The largest absolute Gasteiger partial charge is 0.343 e. The van der Waals surface area contributed by atoms with E-state index in [-0.39, 0.29) is 12.4 Å². The zero-order chi connectivity index (χ0) is 12.1. The molecule has 1 unspecified atom stereocenters. The summed E-state index contributed by atoms with van der Waals surface area (Å²) in [6, 6.07) is 0.452. The monoisotopic (exact) mass is 262 g/mol. The van der Waals surface area contributed by atoms with Gasteiger partial charge in [0.1, 0.15) is 0 Å². The Hall–Kier alpha value is -0.280. The van der Waals surface area contributed by atoms with Crippen molar-refractivity contribution in [1.29, 1.82) is 0 Å². The predicted molar refractivity (Wildman–Crippen MR) is 74.5 cm³/mol. The van der Waals surface area contributed by atoms with Crippen LogP contribution < -0.4 is 5.32 Å². The lowest BCUT2D eigenvalue weighted by atomic mass is 9.93. The number of carbonyl (C=O) groups is 1. The summed E-state index contributed by atoms with van der Waals surface area (Å²) in [5.41, 5.74) is 0. The average molecular weight is 263 g/mol. The van der Waals surface area contributed by atoms with Gasteiger partial charge in [0.2, 0.25) is 5.91 Å². The van der Waals surface area contributed by atoms with E-state index in [1.165, 1.54) is 0 Å². The molecule has 1 heterocycles. The van der Waals surface area contributed by atoms with Gasteiger partial charge in [-0.3, -0.25) is 4.79 Å². The Bertz CT molecular complexity index is 227. The summed E-state index contributed by atoms with van der Waals surface area (Å²) < 4.78 is 0. The van der Waals surface area contributed by atoms with Gasteiger partial charge in [0, 0.05) is 19.5 Å². The molecule has 1 N–H and O–H groups in total. The molecule has 0 aliphatic carbocycles. The SMILES string of the molecule is CC(C)C(C)CC(=O)N(C)C1CCNCC1.Cl. The Morgan fingerprint density at radius 3 is 2.29 bits per heavy atom. The van der Waals surface area contributed by atoms with Crippen molar-refractivity contribution < 1.29 is 4.79 Å². The molecule has 1 aliphatic rings. The number of hydrogen-bond donors (Lipinski definition) is 1. The van der Waals surface area contributed by atoms with Crippen molar-refractivity contribution in [2.45, 2.75) is 46.1 Å². The highest BCUT2D eigenvalue weighted by molar-refractivity contribution is 5.85. The minimum atomic E-state index is 0. The smallest absolute Gasteiger partial charge is 0.222 e. The van der Waals surface area contributed by atoms with Gasteiger partial charge in [-0.1, -0.05) is 20.8 Å². The molecule has 0 spiro atoms. The van der Waals surface area contributed by atoms with E-state index >= 15 is 0 Å². The number of nitrogens with zero attached hydrogens (tertiary/aromatic N) is 1. The maximum absolute atomic E-state index is 12.1. The molecule has 1 amide bonds. The molecule has 0 radical (unpaired) electrons. The first-order chi connectivity index (χ1) is 7.52. The number of carbonyl (C=O) groups excluding carboxylic acids is 1. The number of hydrogen-bond acceptors (Lipinski definition) is 2. The lowest BCUT2D eigenvalue weighted by Gasteiger charge is -2.32. The molecule has 0 aromatic carbocycles. The van der Waals surface area contributed by atoms with Crippen molar-refractivity contribution in [3.63, 3.8) is 0 Å². The highest BCUT2D eigenvalue weighted by Crippen LogP contribution is 2.17. The molecule has 0 aromatic rings. The fourth-order valence-corrected chi connectivity index (χ4v) is 2.05. The van der Waals surface area contributed by atoms with Crippen LogP contribution >= 0.6 is 12.4 Å². The molecule has 1 atom stereocenters. The van der Waals surface area contributed by atoms with Crippen LogP contribution in [0.15, 0.2) is 0 Å². The first-order valence-electron chi connectivity index (χ1n) is 6.48. The molecule has 102 valence electrons. The van der Waals surface area contributed by atoms with E-state index in [1.54, 1.807) is 0 Å². The summed E-state index contributed by atoms with van der Waals surface area (Å²) in [6.45, 7) is 8.62. The molecule has 4 heteroatoms. The number of halogens is 1. The van der Waals surface area contributed by atoms with Crippen LogP contribution in [0, 0.1) is 11.8 Å². The molecule has 1 saturated heterocycles. The molecular formula is C13H27ClN2O. The van der Waals surface area contributed by atoms with Crippen molar-refractivity contribution in [2.75, 3.05) is 20.1 Å². The first kappa shape index (κ1) is 16.7. The van der Waals surface area contributed by atoms with Crippen LogP contribution in [0.5, 0.6) is 0 Å². The Labute approximate surface area is 112 Å². The van der Waals surface area contributed by atoms with E-state index in [0.29, 0.717) is 30.2 Å². The van der Waals surface area contributed by atoms with Crippen molar-refractivity contribution in [1.82, 2.24) is 10.2 Å². The van der Waals surface area contributed by atoms with Gasteiger partial charge in [-0.05, 0) is 37.8 Å². The van der Waals surface area contributed by atoms with E-state index in [2.05, 4.69) is 26.1 Å². The Morgan fingerprint density at radius 1 is 1.29 bits per heavy atom. The van der Waals surface area contributed by atoms with Gasteiger partial charge in [-0.25, -0.2) is 0 Å². The fourth-order valence-electron chi connectivity index (χ4n) is 2.05. The molecule has 3 nitrogen and oxygen atoms in total. The highest BCUT2D eigenvalue weighted by atomic mass is 35.5. The zero-order valence-corrected chi connectivity index (χ0v) is 12.3. The van der Waals surface area contributed by atoms with Crippen LogP contribution in [0.4, 0.5) is 0 Å². The number of rotatable bonds is 4. The van der Waals surface area contributed by atoms with Gasteiger partial charge < -0.3 is 10.2 Å². The van der Waals surface area contributed by atoms with Gasteiger partial charge in [-0.2, -0.15) is 0 Å². The van der Waals surface area contributed by atoms with Crippen LogP contribution in [0.25, 0.3) is 0 Å². The number of amides is 1. The molecular weight excluding hydrogens is 236 g/mol. The summed E-state index contributed by atoms with van der Waals surface area (Å²) in [6.07, 6.45) is 2.88. The quantitative estimate of drug-likeness (QED) is 0.843. The van der Waals surface area contributed by atoms with Crippen molar-refractivity contribution in [3.05, 3.63) is 0 Å². The van der Waals surface area contributed by atoms with Gasteiger partial charge >= 0.3 is 0 Å². The van der Waals surface area contributed by atoms with Crippen LogP contribution in [-0.4, -0.2) is 37.0 Å². The molecule has 17 heavy (non-hydrogen) atoms. The van der Waals surface area contributed by atoms with Gasteiger partial charge in [0.25, 0.3) is 0 Å². The van der Waals surface area contributed by atoms with E-state index in [1.807, 2.05) is 11.9 Å². The van der Waals surface area contributed by atoms with Gasteiger partial charge in [-0.15, -0.1) is 12.4 Å². The number of piperidine rings is 1. The van der Waals surface area contributed by atoms with Crippen molar-refractivity contribution in [2.24, 2.45) is 11.8 Å². The summed E-state index contributed by atoms with van der Waals surface area (Å²) in [5, 5.41) is 3.33. The van der Waals surface area contributed by atoms with Crippen LogP contribution in [-0.2, 0) is 4.79 Å². The maximum atomic E-state index is 12.1. The molecule has 1 rings (SSSR count). The fraction of sp³-hybridized carbons (Fsp3) is 0.923. The second-order valence-electron chi connectivity index (χ2n) is 5.41. The summed E-state index contributed by atoms with van der Waals surface area (Å²) in [4.78, 5) is 14.0. The topological polar surface area (TPSA) is 32.3 Å². The van der Waals surface area contributed by atoms with Crippen LogP contribution in [0.2, 0.25) is 0 Å². The standard InChI is InChI=1S/C13H26N2O.ClH/c1-10(2)11(3)9-13(16)15(4)12-5-7-14-8-6-12;/h10-12,14H,5-9H2,1-4H3;1H. The van der Waals surface area contributed by atoms with Crippen molar-refractivity contribution >= 4 is 18.3 Å². The summed E-state index contributed by atoms with van der Waals surface area (Å²) in [5.74, 6) is 1.38. The second-order valence-corrected chi connectivity index (χ2v) is 5.41. The van der Waals surface area contributed by atoms with E-state index < -0.39 is 0 Å². The lowest BCUT2D eigenvalue weighted by Crippen LogP contribution is -2.44. The van der Waals surface area contributed by atoms with E-state index in [4.69, 9.17) is 0 Å². The first-order valence-corrected chi connectivity index (χ1v) is 6.48. The normalized spacial score (nSPS) is 18.6. The highest BCUT2D eigenvalue weighted by Gasteiger charge is 2.23. The van der Waals surface area contributed by atoms with E-state index in [0.717, 1.165) is 25.9 Å². The van der Waals surface area contributed by atoms with Gasteiger partial charge in [0.15, 0.2) is 0 Å². The molecule has 1 fully saturated rings. The second kappa shape index (κ2) is 7.93. The zero-order valence-electron chi connectivity index (χ0n) is 11.5.